The van der Waals surface area contributed by atoms with Crippen LogP contribution in [0.15, 0.2) is 0 Å². The van der Waals surface area contributed by atoms with Crippen LogP contribution in [0.3, 0.4) is 0 Å². The van der Waals surface area contributed by atoms with Crippen LogP contribution < -0.4 is 0 Å². The van der Waals surface area contributed by atoms with Gasteiger partial charge in [0, 0.05) is 0 Å². The minimum absolute atomic E-state index is 0.217. The summed E-state index contributed by atoms with van der Waals surface area (Å²) in [5.74, 6) is -0.591. The molecule has 0 N–H and O–H groups in total. The summed E-state index contributed by atoms with van der Waals surface area (Å²) in [5, 5.41) is 6.49. The van der Waals surface area contributed by atoms with Gasteiger partial charge >= 0.3 is 5.97 Å². The number of rotatable bonds is 4. The molecule has 0 aliphatic carbocycles. The smallest absolute Gasteiger partial charge is 0.306 e. The predicted octanol–water partition coefficient (Wildman–Crippen LogP) is 0.265. The van der Waals surface area contributed by atoms with Gasteiger partial charge in [0.1, 0.15) is 5.25 Å². The Morgan fingerprint density at radius 2 is 2.00 bits per heavy atom. The van der Waals surface area contributed by atoms with Gasteiger partial charge < -0.3 is 4.74 Å². The van der Waals surface area contributed by atoms with Crippen LogP contribution in [0, 0.1) is 11.3 Å². The number of ether oxygens (including phenoxy) is 1. The zero-order valence-electron chi connectivity index (χ0n) is 8.35. The maximum Gasteiger partial charge on any atom is 0.306 e. The van der Waals surface area contributed by atoms with E-state index in [-0.39, 0.29) is 6.42 Å². The van der Waals surface area contributed by atoms with Crippen molar-refractivity contribution >= 4 is 15.8 Å². The molecular weight excluding hydrogens is 206 g/mol. The van der Waals surface area contributed by atoms with Crippen LogP contribution in [0.1, 0.15) is 20.3 Å². The Hall–Kier alpha value is -1.09. The van der Waals surface area contributed by atoms with Gasteiger partial charge in [-0.1, -0.05) is 0 Å². The number of methoxy groups -OCH3 is 1. The van der Waals surface area contributed by atoms with E-state index in [1.54, 1.807) is 6.07 Å². The topological polar surface area (TPSA) is 84.2 Å². The van der Waals surface area contributed by atoms with Crippen LogP contribution in [-0.4, -0.2) is 32.0 Å². The first-order chi connectivity index (χ1) is 6.36. The predicted molar refractivity (Wildman–Crippen MR) is 50.1 cm³/mol. The summed E-state index contributed by atoms with van der Waals surface area (Å²) < 4.78 is 27.3. The molecule has 2 unspecified atom stereocenters. The van der Waals surface area contributed by atoms with Crippen LogP contribution in [-0.2, 0) is 19.4 Å². The molecule has 0 aromatic rings. The molecule has 0 amide bonds. The van der Waals surface area contributed by atoms with Gasteiger partial charge in [0.2, 0.25) is 0 Å². The molecular formula is C8H13NO4S. The number of carbonyl (C=O) groups excluding carboxylic acids is 1. The molecule has 80 valence electrons. The van der Waals surface area contributed by atoms with E-state index >= 15 is 0 Å². The van der Waals surface area contributed by atoms with Crippen molar-refractivity contribution in [1.29, 1.82) is 5.26 Å². The second-order valence-corrected chi connectivity index (χ2v) is 5.64. The quantitative estimate of drug-likeness (QED) is 0.633. The van der Waals surface area contributed by atoms with Gasteiger partial charge in [-0.3, -0.25) is 4.79 Å². The van der Waals surface area contributed by atoms with E-state index in [1.165, 1.54) is 21.0 Å². The Labute approximate surface area is 83.6 Å². The molecule has 0 spiro atoms. The molecule has 0 saturated heterocycles. The largest absolute Gasteiger partial charge is 0.469 e. The van der Waals surface area contributed by atoms with E-state index in [2.05, 4.69) is 4.74 Å². The summed E-state index contributed by atoms with van der Waals surface area (Å²) >= 11 is 0. The highest BCUT2D eigenvalue weighted by molar-refractivity contribution is 7.92. The molecule has 14 heavy (non-hydrogen) atoms. The molecule has 0 aromatic heterocycles. The Balaban J connectivity index is 4.62. The van der Waals surface area contributed by atoms with E-state index in [9.17, 15) is 13.2 Å². The van der Waals surface area contributed by atoms with Gasteiger partial charge in [0.15, 0.2) is 9.84 Å². The highest BCUT2D eigenvalue weighted by Gasteiger charge is 2.29. The summed E-state index contributed by atoms with van der Waals surface area (Å²) in [6.07, 6.45) is -0.217. The van der Waals surface area contributed by atoms with E-state index < -0.39 is 26.3 Å². The van der Waals surface area contributed by atoms with Gasteiger partial charge in [-0.05, 0) is 13.8 Å². The fourth-order valence-corrected chi connectivity index (χ4v) is 2.07. The molecule has 0 saturated carbocycles. The molecule has 0 fully saturated rings. The van der Waals surface area contributed by atoms with Gasteiger partial charge in [0.05, 0.1) is 24.8 Å². The lowest BCUT2D eigenvalue weighted by Gasteiger charge is -2.12. The third-order valence-electron chi connectivity index (χ3n) is 1.92. The number of esters is 1. The summed E-state index contributed by atoms with van der Waals surface area (Å²) in [5.41, 5.74) is 0. The molecule has 0 heterocycles. The molecule has 0 radical (unpaired) electrons. The second kappa shape index (κ2) is 4.96. The average molecular weight is 219 g/mol. The lowest BCUT2D eigenvalue weighted by Crippen LogP contribution is -2.29. The maximum absolute atomic E-state index is 11.5. The summed E-state index contributed by atoms with van der Waals surface area (Å²) in [6.45, 7) is 2.68. The minimum atomic E-state index is -3.56. The van der Waals surface area contributed by atoms with E-state index in [0.29, 0.717) is 0 Å². The van der Waals surface area contributed by atoms with Crippen molar-refractivity contribution in [3.63, 3.8) is 0 Å². The van der Waals surface area contributed by atoms with E-state index in [4.69, 9.17) is 5.26 Å². The lowest BCUT2D eigenvalue weighted by molar-refractivity contribution is -0.140. The Morgan fingerprint density at radius 3 is 2.36 bits per heavy atom. The van der Waals surface area contributed by atoms with Crippen molar-refractivity contribution in [2.24, 2.45) is 0 Å². The fourth-order valence-electron chi connectivity index (χ4n) is 0.856. The van der Waals surface area contributed by atoms with Crippen molar-refractivity contribution < 1.29 is 17.9 Å². The summed E-state index contributed by atoms with van der Waals surface area (Å²) in [7, 11) is -2.37. The van der Waals surface area contributed by atoms with E-state index in [1.807, 2.05) is 0 Å². The number of nitrogens with zero attached hydrogens (tertiary/aromatic N) is 1. The number of sulfone groups is 1. The fraction of sp³-hybridized carbons (Fsp3) is 0.750. The molecule has 5 nitrogen and oxygen atoms in total. The third-order valence-corrected chi connectivity index (χ3v) is 4.30. The van der Waals surface area contributed by atoms with Gasteiger partial charge in [-0.25, -0.2) is 8.42 Å². The zero-order chi connectivity index (χ0) is 11.4. The molecule has 0 bridgehead atoms. The highest BCUT2D eigenvalue weighted by atomic mass is 32.2. The normalized spacial score (nSPS) is 15.3. The van der Waals surface area contributed by atoms with Gasteiger partial charge in [-0.15, -0.1) is 0 Å². The minimum Gasteiger partial charge on any atom is -0.469 e. The van der Waals surface area contributed by atoms with Gasteiger partial charge in [0.25, 0.3) is 0 Å². The van der Waals surface area contributed by atoms with Crippen LogP contribution in [0.2, 0.25) is 0 Å². The first-order valence-corrected chi connectivity index (χ1v) is 5.66. The van der Waals surface area contributed by atoms with Crippen LogP contribution in [0.25, 0.3) is 0 Å². The van der Waals surface area contributed by atoms with Crippen molar-refractivity contribution in [2.75, 3.05) is 7.11 Å². The number of carbonyl (C=O) groups is 1. The van der Waals surface area contributed by atoms with E-state index in [0.717, 1.165) is 0 Å². The number of hydrogen-bond acceptors (Lipinski definition) is 5. The van der Waals surface area contributed by atoms with Crippen LogP contribution >= 0.6 is 0 Å². The number of hydrogen-bond donors (Lipinski definition) is 0. The zero-order valence-corrected chi connectivity index (χ0v) is 9.17. The first kappa shape index (κ1) is 12.9. The molecule has 0 rings (SSSR count). The Bertz CT molecular complexity index is 341. The molecule has 0 aliphatic heterocycles. The van der Waals surface area contributed by atoms with Crippen molar-refractivity contribution in [2.45, 2.75) is 30.8 Å². The Morgan fingerprint density at radius 1 is 1.50 bits per heavy atom. The standard InChI is InChI=1S/C8H13NO4S/c1-6(4-8(10)13-3)14(11,12)7(2)5-9/h6-7H,4H2,1-3H3. The number of nitriles is 1. The third kappa shape index (κ3) is 3.00. The lowest BCUT2D eigenvalue weighted by atomic mass is 10.3. The highest BCUT2D eigenvalue weighted by Crippen LogP contribution is 2.12. The molecule has 2 atom stereocenters. The Kier molecular flexibility index (Phi) is 4.57. The molecule has 6 heteroatoms. The van der Waals surface area contributed by atoms with Crippen LogP contribution in [0.5, 0.6) is 0 Å². The average Bonchev–Trinajstić information content (AvgIpc) is 2.15. The van der Waals surface area contributed by atoms with Crippen LogP contribution in [0.4, 0.5) is 0 Å². The maximum atomic E-state index is 11.5. The van der Waals surface area contributed by atoms with Crippen molar-refractivity contribution in [1.82, 2.24) is 0 Å². The van der Waals surface area contributed by atoms with Gasteiger partial charge in [-0.2, -0.15) is 5.26 Å². The molecule has 0 aliphatic rings. The molecule has 0 aromatic carbocycles. The first-order valence-electron chi connectivity index (χ1n) is 4.05. The summed E-state index contributed by atoms with van der Waals surface area (Å²) in [4.78, 5) is 10.8. The van der Waals surface area contributed by atoms with Crippen molar-refractivity contribution in [3.05, 3.63) is 0 Å². The SMILES string of the molecule is COC(=O)CC(C)S(=O)(=O)C(C)C#N. The van der Waals surface area contributed by atoms with Crippen molar-refractivity contribution in [3.8, 4) is 6.07 Å². The monoisotopic (exact) mass is 219 g/mol. The second-order valence-electron chi connectivity index (χ2n) is 2.95. The summed E-state index contributed by atoms with van der Waals surface area (Å²) in [6, 6.07) is 1.64.